The van der Waals surface area contributed by atoms with Crippen LogP contribution in [0.25, 0.3) is 0 Å². The lowest BCUT2D eigenvalue weighted by Gasteiger charge is -2.32. The number of pyridine rings is 1. The van der Waals surface area contributed by atoms with Crippen molar-refractivity contribution >= 4 is 0 Å². The molecule has 5 heteroatoms. The van der Waals surface area contributed by atoms with Gasteiger partial charge in [-0.1, -0.05) is 49.7 Å². The maximum absolute atomic E-state index is 13.5. The molecule has 2 aromatic carbocycles. The van der Waals surface area contributed by atoms with Crippen LogP contribution in [0.5, 0.6) is 5.75 Å². The van der Waals surface area contributed by atoms with E-state index in [-0.39, 0.29) is 11.9 Å². The van der Waals surface area contributed by atoms with E-state index in [9.17, 15) is 4.39 Å². The van der Waals surface area contributed by atoms with Crippen molar-refractivity contribution in [2.75, 3.05) is 40.3 Å². The molecule has 0 bridgehead atoms. The van der Waals surface area contributed by atoms with Gasteiger partial charge in [-0.3, -0.25) is 9.88 Å². The first-order valence-corrected chi connectivity index (χ1v) is 11.8. The number of ether oxygens (including phenoxy) is 1. The molecule has 0 aliphatic heterocycles. The van der Waals surface area contributed by atoms with Gasteiger partial charge in [-0.2, -0.15) is 0 Å². The highest BCUT2D eigenvalue weighted by Gasteiger charge is 2.23. The molecule has 1 heterocycles. The second kappa shape index (κ2) is 13.1. The van der Waals surface area contributed by atoms with Gasteiger partial charge in [0.25, 0.3) is 0 Å². The smallest absolute Gasteiger partial charge is 0.123 e. The van der Waals surface area contributed by atoms with Crippen LogP contribution < -0.4 is 4.74 Å². The average Bonchev–Trinajstić information content (AvgIpc) is 2.84. The van der Waals surface area contributed by atoms with Crippen LogP contribution in [-0.2, 0) is 0 Å². The Morgan fingerprint density at radius 3 is 2.30 bits per heavy atom. The van der Waals surface area contributed by atoms with Crippen LogP contribution in [0, 0.1) is 11.7 Å². The van der Waals surface area contributed by atoms with Crippen molar-refractivity contribution in [3.05, 3.63) is 96.1 Å². The largest absolute Gasteiger partial charge is 0.492 e. The van der Waals surface area contributed by atoms with Gasteiger partial charge in [0.1, 0.15) is 18.2 Å². The van der Waals surface area contributed by atoms with Crippen molar-refractivity contribution in [1.29, 1.82) is 0 Å². The molecule has 0 aliphatic carbocycles. The third kappa shape index (κ3) is 7.95. The number of halogens is 1. The summed E-state index contributed by atoms with van der Waals surface area (Å²) >= 11 is 0. The predicted octanol–water partition coefficient (Wildman–Crippen LogP) is 5.67. The number of hydrogen-bond donors (Lipinski definition) is 0. The quantitative estimate of drug-likeness (QED) is 0.336. The number of para-hydroxylation sites is 1. The van der Waals surface area contributed by atoms with Crippen LogP contribution in [0.3, 0.4) is 0 Å². The maximum Gasteiger partial charge on any atom is 0.123 e. The molecule has 0 saturated carbocycles. The highest BCUT2D eigenvalue weighted by Crippen LogP contribution is 2.28. The number of hydrogen-bond acceptors (Lipinski definition) is 4. The summed E-state index contributed by atoms with van der Waals surface area (Å²) in [6, 6.07) is 22.7. The first-order valence-electron chi connectivity index (χ1n) is 11.8. The highest BCUT2D eigenvalue weighted by atomic mass is 19.1. The fourth-order valence-electron chi connectivity index (χ4n) is 4.12. The van der Waals surface area contributed by atoms with E-state index < -0.39 is 0 Å². The Hall–Kier alpha value is -2.76. The number of aromatic nitrogens is 1. The number of likely N-dealkylation sites (N-methyl/N-ethyl adjacent to an activating group) is 1. The fraction of sp³-hybridized carbons (Fsp3) is 0.393. The van der Waals surface area contributed by atoms with E-state index in [0.29, 0.717) is 12.5 Å². The topological polar surface area (TPSA) is 28.6 Å². The van der Waals surface area contributed by atoms with E-state index >= 15 is 0 Å². The third-order valence-electron chi connectivity index (χ3n) is 6.12. The lowest BCUT2D eigenvalue weighted by Crippen LogP contribution is -2.33. The van der Waals surface area contributed by atoms with Crippen molar-refractivity contribution < 1.29 is 9.13 Å². The Bertz CT molecular complexity index is 921. The van der Waals surface area contributed by atoms with E-state index in [1.807, 2.05) is 66.9 Å². The normalized spacial score (nSPS) is 13.3. The van der Waals surface area contributed by atoms with Gasteiger partial charge < -0.3 is 9.64 Å². The van der Waals surface area contributed by atoms with E-state index in [4.69, 9.17) is 4.74 Å². The van der Waals surface area contributed by atoms with Gasteiger partial charge >= 0.3 is 0 Å². The van der Waals surface area contributed by atoms with Crippen LogP contribution in [0.2, 0.25) is 0 Å². The molecule has 0 saturated heterocycles. The Morgan fingerprint density at radius 1 is 0.909 bits per heavy atom. The monoisotopic (exact) mass is 449 g/mol. The van der Waals surface area contributed by atoms with Gasteiger partial charge in [0.2, 0.25) is 0 Å². The first-order chi connectivity index (χ1) is 16.1. The van der Waals surface area contributed by atoms with E-state index in [1.165, 1.54) is 12.1 Å². The van der Waals surface area contributed by atoms with E-state index in [1.54, 1.807) is 0 Å². The molecule has 0 N–H and O–H groups in total. The van der Waals surface area contributed by atoms with Crippen LogP contribution in [0.1, 0.15) is 37.1 Å². The average molecular weight is 450 g/mol. The maximum atomic E-state index is 13.5. The van der Waals surface area contributed by atoms with Gasteiger partial charge in [-0.25, -0.2) is 4.39 Å². The van der Waals surface area contributed by atoms with Crippen molar-refractivity contribution in [2.45, 2.75) is 25.8 Å². The fourth-order valence-corrected chi connectivity index (χ4v) is 4.12. The summed E-state index contributed by atoms with van der Waals surface area (Å²) in [5, 5.41) is 0. The summed E-state index contributed by atoms with van der Waals surface area (Å²) in [6.45, 7) is 5.81. The molecular weight excluding hydrogens is 413 g/mol. The Morgan fingerprint density at radius 2 is 1.64 bits per heavy atom. The van der Waals surface area contributed by atoms with Gasteiger partial charge in [0.15, 0.2) is 0 Å². The second-order valence-electron chi connectivity index (χ2n) is 8.68. The Kier molecular flexibility index (Phi) is 9.85. The van der Waals surface area contributed by atoms with Crippen LogP contribution in [0.15, 0.2) is 79.0 Å². The summed E-state index contributed by atoms with van der Waals surface area (Å²) in [5.41, 5.74) is 2.04. The molecule has 2 atom stereocenters. The lowest BCUT2D eigenvalue weighted by molar-refractivity contribution is 0.193. The highest BCUT2D eigenvalue weighted by molar-refractivity contribution is 5.28. The standard InChI is InChI=1S/C28H36FN3O/c1-4-23(17-19-31(2)20-21-33-26-10-6-5-7-11-26)22-32(3)28(27-12-8-9-18-30-27)24-13-15-25(29)16-14-24/h5-16,18,23,28H,4,17,19-22H2,1-3H3. The van der Waals surface area contributed by atoms with Crippen molar-refractivity contribution in [1.82, 2.24) is 14.8 Å². The molecule has 2 unspecified atom stereocenters. The SMILES string of the molecule is CCC(CCN(C)CCOc1ccccc1)CN(C)C(c1ccc(F)cc1)c1ccccn1. The molecule has 1 aromatic heterocycles. The number of rotatable bonds is 13. The minimum absolute atomic E-state index is 0.00199. The zero-order valence-electron chi connectivity index (χ0n) is 20.0. The predicted molar refractivity (Wildman–Crippen MR) is 133 cm³/mol. The minimum atomic E-state index is -0.216. The van der Waals surface area contributed by atoms with Gasteiger partial charge in [-0.05, 0) is 74.9 Å². The number of benzene rings is 2. The van der Waals surface area contributed by atoms with Gasteiger partial charge in [0, 0.05) is 19.3 Å². The van der Waals surface area contributed by atoms with Gasteiger partial charge in [-0.15, -0.1) is 0 Å². The zero-order valence-corrected chi connectivity index (χ0v) is 20.0. The lowest BCUT2D eigenvalue weighted by atomic mass is 9.97. The molecule has 33 heavy (non-hydrogen) atoms. The molecule has 0 amide bonds. The van der Waals surface area contributed by atoms with Crippen LogP contribution >= 0.6 is 0 Å². The van der Waals surface area contributed by atoms with Gasteiger partial charge in [0.05, 0.1) is 11.7 Å². The third-order valence-corrected chi connectivity index (χ3v) is 6.12. The van der Waals surface area contributed by atoms with E-state index in [2.05, 4.69) is 35.8 Å². The summed E-state index contributed by atoms with van der Waals surface area (Å²) in [7, 11) is 4.29. The van der Waals surface area contributed by atoms with Crippen LogP contribution in [0.4, 0.5) is 4.39 Å². The van der Waals surface area contributed by atoms with Crippen molar-refractivity contribution in [3.8, 4) is 5.75 Å². The van der Waals surface area contributed by atoms with Crippen molar-refractivity contribution in [3.63, 3.8) is 0 Å². The summed E-state index contributed by atoms with van der Waals surface area (Å²) < 4.78 is 19.4. The Labute approximate surface area is 198 Å². The minimum Gasteiger partial charge on any atom is -0.492 e. The second-order valence-corrected chi connectivity index (χ2v) is 8.68. The molecule has 0 aliphatic rings. The molecule has 0 spiro atoms. The summed E-state index contributed by atoms with van der Waals surface area (Å²) in [4.78, 5) is 9.29. The molecule has 3 aromatic rings. The zero-order chi connectivity index (χ0) is 23.5. The molecular formula is C28H36FN3O. The van der Waals surface area contributed by atoms with E-state index in [0.717, 1.165) is 49.5 Å². The first kappa shape index (κ1) is 24.9. The number of nitrogens with zero attached hydrogens (tertiary/aromatic N) is 3. The summed E-state index contributed by atoms with van der Waals surface area (Å²) in [5.74, 6) is 1.26. The van der Waals surface area contributed by atoms with Crippen LogP contribution in [-0.4, -0.2) is 55.1 Å². The Balaban J connectivity index is 1.54. The molecule has 3 rings (SSSR count). The van der Waals surface area contributed by atoms with Crippen molar-refractivity contribution in [2.24, 2.45) is 5.92 Å². The molecule has 0 fully saturated rings. The summed E-state index contributed by atoms with van der Waals surface area (Å²) in [6.07, 6.45) is 4.04. The molecule has 176 valence electrons. The molecule has 4 nitrogen and oxygen atoms in total. The molecule has 0 radical (unpaired) electrons.